The molecule has 1 fully saturated rings. The third kappa shape index (κ3) is 3.34. The Bertz CT molecular complexity index is 689. The molecular weight excluding hydrogens is 320 g/mol. The smallest absolute Gasteiger partial charge is 0.337 e. The molecule has 0 atom stereocenters. The zero-order chi connectivity index (χ0) is 15.6. The van der Waals surface area contributed by atoms with Crippen LogP contribution in [0.2, 0.25) is 5.02 Å². The second-order valence-corrected chi connectivity index (χ2v) is 6.80. The highest BCUT2D eigenvalue weighted by molar-refractivity contribution is 7.89. The van der Waals surface area contributed by atoms with Gasteiger partial charge < -0.3 is 10.4 Å². The van der Waals surface area contributed by atoms with Crippen LogP contribution in [-0.4, -0.2) is 49.3 Å². The van der Waals surface area contributed by atoms with Crippen molar-refractivity contribution < 1.29 is 23.1 Å². The molecule has 0 saturated carbocycles. The van der Waals surface area contributed by atoms with Crippen molar-refractivity contribution in [3.05, 3.63) is 28.8 Å². The summed E-state index contributed by atoms with van der Waals surface area (Å²) < 4.78 is 26.1. The molecule has 1 amide bonds. The van der Waals surface area contributed by atoms with Crippen LogP contribution in [0.4, 0.5) is 0 Å². The average molecular weight is 333 g/mol. The van der Waals surface area contributed by atoms with E-state index in [1.54, 1.807) is 0 Å². The zero-order valence-electron chi connectivity index (χ0n) is 10.9. The van der Waals surface area contributed by atoms with Gasteiger partial charge in [0, 0.05) is 26.1 Å². The third-order valence-electron chi connectivity index (χ3n) is 3.08. The second-order valence-electron chi connectivity index (χ2n) is 4.45. The number of carbonyl (C=O) groups excluding carboxylic acids is 1. The fourth-order valence-electron chi connectivity index (χ4n) is 1.96. The molecule has 21 heavy (non-hydrogen) atoms. The van der Waals surface area contributed by atoms with E-state index >= 15 is 0 Å². The van der Waals surface area contributed by atoms with Crippen molar-refractivity contribution in [1.82, 2.24) is 9.62 Å². The highest BCUT2D eigenvalue weighted by atomic mass is 35.5. The van der Waals surface area contributed by atoms with Crippen LogP contribution in [-0.2, 0) is 14.8 Å². The van der Waals surface area contributed by atoms with Gasteiger partial charge in [0.1, 0.15) is 0 Å². The molecule has 2 N–H and O–H groups in total. The summed E-state index contributed by atoms with van der Waals surface area (Å²) in [6.07, 6.45) is 0.0681. The van der Waals surface area contributed by atoms with Crippen molar-refractivity contribution in [1.29, 1.82) is 0 Å². The van der Waals surface area contributed by atoms with E-state index in [0.717, 1.165) is 10.4 Å². The molecule has 1 aliphatic heterocycles. The van der Waals surface area contributed by atoms with Crippen LogP contribution in [0, 0.1) is 0 Å². The van der Waals surface area contributed by atoms with Crippen LogP contribution in [0.15, 0.2) is 23.1 Å². The maximum atomic E-state index is 12.5. The fourth-order valence-corrected chi connectivity index (χ4v) is 3.63. The second kappa shape index (κ2) is 6.00. The molecule has 1 saturated heterocycles. The van der Waals surface area contributed by atoms with E-state index in [-0.39, 0.29) is 47.4 Å². The van der Waals surface area contributed by atoms with Gasteiger partial charge in [0.05, 0.1) is 15.5 Å². The first kappa shape index (κ1) is 15.7. The lowest BCUT2D eigenvalue weighted by molar-refractivity contribution is -0.120. The SMILES string of the molecule is O=C1CCN(S(=O)(=O)c2ccc(Cl)c(C(=O)O)c2)CCN1. The quantitative estimate of drug-likeness (QED) is 0.841. The minimum atomic E-state index is -3.86. The van der Waals surface area contributed by atoms with Gasteiger partial charge in [0.2, 0.25) is 15.9 Å². The number of benzene rings is 1. The van der Waals surface area contributed by atoms with Crippen LogP contribution in [0.1, 0.15) is 16.8 Å². The summed E-state index contributed by atoms with van der Waals surface area (Å²) in [6, 6.07) is 3.52. The molecule has 0 bridgehead atoms. The van der Waals surface area contributed by atoms with Crippen molar-refractivity contribution in [2.75, 3.05) is 19.6 Å². The summed E-state index contributed by atoms with van der Waals surface area (Å²) in [5.41, 5.74) is -0.276. The highest BCUT2D eigenvalue weighted by Gasteiger charge is 2.27. The number of rotatable bonds is 3. The molecular formula is C12H13ClN2O5S. The lowest BCUT2D eigenvalue weighted by atomic mass is 10.2. The third-order valence-corrected chi connectivity index (χ3v) is 5.30. The van der Waals surface area contributed by atoms with Gasteiger partial charge in [0.25, 0.3) is 0 Å². The summed E-state index contributed by atoms with van der Waals surface area (Å²) in [4.78, 5) is 22.1. The Morgan fingerprint density at radius 2 is 2.05 bits per heavy atom. The van der Waals surface area contributed by atoms with Crippen molar-refractivity contribution in [3.63, 3.8) is 0 Å². The summed E-state index contributed by atoms with van der Waals surface area (Å²) in [5.74, 6) is -1.51. The summed E-state index contributed by atoms with van der Waals surface area (Å²) >= 11 is 5.73. The van der Waals surface area contributed by atoms with E-state index in [0.29, 0.717) is 0 Å². The van der Waals surface area contributed by atoms with Gasteiger partial charge in [-0.05, 0) is 18.2 Å². The molecule has 9 heteroatoms. The van der Waals surface area contributed by atoms with Crippen molar-refractivity contribution in [2.45, 2.75) is 11.3 Å². The predicted octanol–water partition coefficient (Wildman–Crippen LogP) is 0.549. The van der Waals surface area contributed by atoms with Gasteiger partial charge in [-0.15, -0.1) is 0 Å². The van der Waals surface area contributed by atoms with Gasteiger partial charge in [-0.2, -0.15) is 4.31 Å². The van der Waals surface area contributed by atoms with E-state index in [1.807, 2.05) is 0 Å². The highest BCUT2D eigenvalue weighted by Crippen LogP contribution is 2.23. The van der Waals surface area contributed by atoms with Gasteiger partial charge >= 0.3 is 5.97 Å². The molecule has 1 aliphatic rings. The maximum absolute atomic E-state index is 12.5. The van der Waals surface area contributed by atoms with Crippen molar-refractivity contribution in [2.24, 2.45) is 0 Å². The first-order valence-electron chi connectivity index (χ1n) is 6.12. The van der Waals surface area contributed by atoms with Gasteiger partial charge in [-0.25, -0.2) is 13.2 Å². The number of amides is 1. The van der Waals surface area contributed by atoms with Crippen molar-refractivity contribution in [3.8, 4) is 0 Å². The van der Waals surface area contributed by atoms with E-state index in [9.17, 15) is 18.0 Å². The van der Waals surface area contributed by atoms with E-state index < -0.39 is 16.0 Å². The lowest BCUT2D eigenvalue weighted by Gasteiger charge is -2.19. The Hall–Kier alpha value is -1.64. The molecule has 2 rings (SSSR count). The predicted molar refractivity (Wildman–Crippen MR) is 74.8 cm³/mol. The number of nitrogens with zero attached hydrogens (tertiary/aromatic N) is 1. The molecule has 0 spiro atoms. The Kier molecular flexibility index (Phi) is 4.50. The number of carboxylic acids is 1. The molecule has 0 aromatic heterocycles. The number of halogens is 1. The Balaban J connectivity index is 2.37. The van der Waals surface area contributed by atoms with Gasteiger partial charge in [-0.3, -0.25) is 4.79 Å². The standard InChI is InChI=1S/C12H13ClN2O5S/c13-10-2-1-8(7-9(10)12(17)18)21(19,20)15-5-3-11(16)14-4-6-15/h1-2,7H,3-6H2,(H,14,16)(H,17,18). The monoisotopic (exact) mass is 332 g/mol. The molecule has 1 aromatic carbocycles. The first-order chi connectivity index (χ1) is 9.82. The molecule has 0 unspecified atom stereocenters. The number of carboxylic acid groups (broad SMARTS) is 1. The molecule has 0 radical (unpaired) electrons. The summed E-state index contributed by atoms with van der Waals surface area (Å²) in [6.45, 7) is 0.412. The number of hydrogen-bond donors (Lipinski definition) is 2. The van der Waals surface area contributed by atoms with Crippen LogP contribution >= 0.6 is 11.6 Å². The van der Waals surface area contributed by atoms with E-state index in [2.05, 4.69) is 5.32 Å². The first-order valence-corrected chi connectivity index (χ1v) is 7.94. The average Bonchev–Trinajstić information content (AvgIpc) is 2.63. The normalized spacial score (nSPS) is 17.1. The van der Waals surface area contributed by atoms with Crippen LogP contribution in [0.3, 0.4) is 0 Å². The van der Waals surface area contributed by atoms with Crippen LogP contribution < -0.4 is 5.32 Å². The Labute approximate surface area is 126 Å². The van der Waals surface area contributed by atoms with Gasteiger partial charge in [0.15, 0.2) is 0 Å². The molecule has 1 aromatic rings. The molecule has 7 nitrogen and oxygen atoms in total. The van der Waals surface area contributed by atoms with E-state index in [4.69, 9.17) is 16.7 Å². The summed E-state index contributed by atoms with van der Waals surface area (Å²) in [7, 11) is -3.86. The number of nitrogens with one attached hydrogen (secondary N) is 1. The topological polar surface area (TPSA) is 104 Å². The van der Waals surface area contributed by atoms with Crippen LogP contribution in [0.25, 0.3) is 0 Å². The van der Waals surface area contributed by atoms with Crippen molar-refractivity contribution >= 4 is 33.5 Å². The fraction of sp³-hybridized carbons (Fsp3) is 0.333. The van der Waals surface area contributed by atoms with Crippen LogP contribution in [0.5, 0.6) is 0 Å². The lowest BCUT2D eigenvalue weighted by Crippen LogP contribution is -2.34. The molecule has 0 aliphatic carbocycles. The van der Waals surface area contributed by atoms with Gasteiger partial charge in [-0.1, -0.05) is 11.6 Å². The largest absolute Gasteiger partial charge is 0.478 e. The minimum absolute atomic E-state index is 0.0332. The minimum Gasteiger partial charge on any atom is -0.478 e. The Morgan fingerprint density at radius 1 is 1.33 bits per heavy atom. The summed E-state index contributed by atoms with van der Waals surface area (Å²) in [5, 5.41) is 11.5. The number of carbonyl (C=O) groups is 2. The maximum Gasteiger partial charge on any atom is 0.337 e. The number of hydrogen-bond acceptors (Lipinski definition) is 4. The molecule has 114 valence electrons. The van der Waals surface area contributed by atoms with E-state index in [1.165, 1.54) is 12.1 Å². The number of sulfonamides is 1. The Morgan fingerprint density at radius 3 is 2.71 bits per heavy atom. The zero-order valence-corrected chi connectivity index (χ0v) is 12.4. The molecule has 1 heterocycles. The number of aromatic carboxylic acids is 1.